The highest BCUT2D eigenvalue weighted by Gasteiger charge is 2.37. The summed E-state index contributed by atoms with van der Waals surface area (Å²) in [4.78, 5) is 14.0. The summed E-state index contributed by atoms with van der Waals surface area (Å²) in [5.41, 5.74) is 7.57. The quantitative estimate of drug-likeness (QED) is 0.379. The number of piperazine rings is 1. The van der Waals surface area contributed by atoms with Crippen molar-refractivity contribution < 1.29 is 5.11 Å². The average Bonchev–Trinajstić information content (AvgIpc) is 3.40. The van der Waals surface area contributed by atoms with E-state index < -0.39 is 0 Å². The molecule has 5 heterocycles. The highest BCUT2D eigenvalue weighted by molar-refractivity contribution is 5.91. The van der Waals surface area contributed by atoms with Crippen molar-refractivity contribution >= 4 is 11.3 Å². The Labute approximate surface area is 215 Å². The lowest BCUT2D eigenvalue weighted by atomic mass is 10.0. The number of phenols is 1. The van der Waals surface area contributed by atoms with Crippen LogP contribution in [-0.4, -0.2) is 61.8 Å². The van der Waals surface area contributed by atoms with Crippen molar-refractivity contribution in [2.24, 2.45) is 0 Å². The van der Waals surface area contributed by atoms with Gasteiger partial charge in [0.05, 0.1) is 11.3 Å². The number of pyridine rings is 1. The van der Waals surface area contributed by atoms with Gasteiger partial charge in [0.15, 0.2) is 5.65 Å². The molecule has 0 saturated carbocycles. The van der Waals surface area contributed by atoms with Crippen molar-refractivity contribution in [1.29, 1.82) is 0 Å². The number of rotatable bonds is 4. The molecule has 7 rings (SSSR count). The van der Waals surface area contributed by atoms with E-state index in [-0.39, 0.29) is 5.75 Å². The molecule has 37 heavy (non-hydrogen) atoms. The Kier molecular flexibility index (Phi) is 5.18. The summed E-state index contributed by atoms with van der Waals surface area (Å²) < 4.78 is 1.92. The first-order valence-electron chi connectivity index (χ1n) is 12.8. The van der Waals surface area contributed by atoms with E-state index in [1.165, 1.54) is 18.5 Å². The van der Waals surface area contributed by atoms with E-state index in [4.69, 9.17) is 10.1 Å². The lowest BCUT2D eigenvalue weighted by Gasteiger charge is -2.40. The van der Waals surface area contributed by atoms with E-state index in [1.807, 2.05) is 41.0 Å². The van der Waals surface area contributed by atoms with E-state index in [0.717, 1.165) is 52.4 Å². The number of phenolic OH excluding ortho intramolecular Hbond substituents is 1. The monoisotopic (exact) mass is 488 g/mol. The fourth-order valence-corrected chi connectivity index (χ4v) is 5.97. The van der Waals surface area contributed by atoms with Crippen LogP contribution in [0.1, 0.15) is 12.8 Å². The third-order valence-electron chi connectivity index (χ3n) is 7.98. The van der Waals surface area contributed by atoms with E-state index >= 15 is 0 Å². The summed E-state index contributed by atoms with van der Waals surface area (Å²) in [6, 6.07) is 23.3. The first-order chi connectivity index (χ1) is 18.2. The Morgan fingerprint density at radius 2 is 1.57 bits per heavy atom. The summed E-state index contributed by atoms with van der Waals surface area (Å²) in [6.07, 6.45) is 7.96. The van der Waals surface area contributed by atoms with Crippen LogP contribution in [-0.2, 0) is 0 Å². The summed E-state index contributed by atoms with van der Waals surface area (Å²) in [5.74, 6) is 0.210. The zero-order valence-electron chi connectivity index (χ0n) is 20.7. The predicted octanol–water partition coefficient (Wildman–Crippen LogP) is 5.11. The minimum Gasteiger partial charge on any atom is -0.508 e. The van der Waals surface area contributed by atoms with Crippen LogP contribution in [0.25, 0.3) is 39.3 Å². The van der Waals surface area contributed by atoms with Gasteiger partial charge in [-0.3, -0.25) is 9.88 Å². The molecule has 0 amide bonds. The molecule has 3 aromatic heterocycles. The molecular weight excluding hydrogens is 460 g/mol. The van der Waals surface area contributed by atoms with Gasteiger partial charge >= 0.3 is 0 Å². The number of anilines is 1. The van der Waals surface area contributed by atoms with Gasteiger partial charge in [-0.05, 0) is 67.9 Å². The molecule has 2 aromatic carbocycles. The van der Waals surface area contributed by atoms with Crippen LogP contribution >= 0.6 is 0 Å². The zero-order valence-corrected chi connectivity index (χ0v) is 20.7. The lowest BCUT2D eigenvalue weighted by Crippen LogP contribution is -2.51. The van der Waals surface area contributed by atoms with Crippen LogP contribution in [0, 0.1) is 0 Å². The number of hydrogen-bond acceptors (Lipinski definition) is 6. The van der Waals surface area contributed by atoms with E-state index in [9.17, 15) is 5.11 Å². The van der Waals surface area contributed by atoms with Crippen molar-refractivity contribution in [3.8, 4) is 39.4 Å². The molecule has 2 fully saturated rings. The molecule has 7 nitrogen and oxygen atoms in total. The van der Waals surface area contributed by atoms with Crippen LogP contribution in [0.3, 0.4) is 0 Å². The van der Waals surface area contributed by atoms with Crippen LogP contribution < -0.4 is 4.90 Å². The van der Waals surface area contributed by atoms with Gasteiger partial charge in [-0.2, -0.15) is 5.10 Å². The first kappa shape index (κ1) is 22.0. The molecule has 1 N–H and O–H groups in total. The molecule has 2 bridgehead atoms. The second-order valence-electron chi connectivity index (χ2n) is 10.1. The highest BCUT2D eigenvalue weighted by atomic mass is 16.3. The maximum absolute atomic E-state index is 10.2. The van der Waals surface area contributed by atoms with Crippen molar-refractivity contribution in [3.05, 3.63) is 85.3 Å². The Hall–Kier alpha value is -4.23. The summed E-state index contributed by atoms with van der Waals surface area (Å²) in [6.45, 7) is 2.18. The molecule has 5 aromatic rings. The number of benzene rings is 2. The topological polar surface area (TPSA) is 69.8 Å². The Morgan fingerprint density at radius 3 is 2.30 bits per heavy atom. The molecule has 184 valence electrons. The Morgan fingerprint density at radius 1 is 0.811 bits per heavy atom. The predicted molar refractivity (Wildman–Crippen MR) is 146 cm³/mol. The molecule has 2 unspecified atom stereocenters. The van der Waals surface area contributed by atoms with Crippen LogP contribution in [0.2, 0.25) is 0 Å². The van der Waals surface area contributed by atoms with Crippen molar-refractivity contribution in [1.82, 2.24) is 24.5 Å². The maximum atomic E-state index is 10.2. The van der Waals surface area contributed by atoms with Crippen molar-refractivity contribution in [2.75, 3.05) is 25.0 Å². The number of fused-ring (bicyclic) bond motifs is 3. The Balaban J connectivity index is 1.32. The van der Waals surface area contributed by atoms with Gasteiger partial charge in [-0.15, -0.1) is 0 Å². The largest absolute Gasteiger partial charge is 0.508 e. The molecule has 2 saturated heterocycles. The van der Waals surface area contributed by atoms with Crippen LogP contribution in [0.4, 0.5) is 5.69 Å². The summed E-state index contributed by atoms with van der Waals surface area (Å²) in [5, 5.41) is 15.2. The van der Waals surface area contributed by atoms with Crippen LogP contribution in [0.15, 0.2) is 85.3 Å². The standard InChI is InChI=1S/C30H28N6O/c1-34-24-9-10-25(34)19-35(18-24)23-7-5-20(6-8-23)27-13-16-32-30-28(22-3-2-4-26(37)17-22)29(33-36(27)30)21-11-14-31-15-12-21/h2-8,11-17,24-25,37H,9-10,18-19H2,1H3. The number of nitrogens with zero attached hydrogens (tertiary/aromatic N) is 6. The van der Waals surface area contributed by atoms with Gasteiger partial charge in [0, 0.05) is 60.6 Å². The normalized spacial score (nSPS) is 19.5. The Bertz CT molecular complexity index is 1570. The number of hydrogen-bond donors (Lipinski definition) is 1. The lowest BCUT2D eigenvalue weighted by molar-refractivity contribution is 0.212. The summed E-state index contributed by atoms with van der Waals surface area (Å²) >= 11 is 0. The van der Waals surface area contributed by atoms with Gasteiger partial charge in [0.2, 0.25) is 0 Å². The second-order valence-corrected chi connectivity index (χ2v) is 10.1. The van der Waals surface area contributed by atoms with E-state index in [1.54, 1.807) is 24.5 Å². The van der Waals surface area contributed by atoms with Gasteiger partial charge in [0.1, 0.15) is 11.4 Å². The molecule has 2 aliphatic rings. The number of aromatic hydroxyl groups is 1. The smallest absolute Gasteiger partial charge is 0.164 e. The SMILES string of the molecule is CN1C2CCC1CN(c1ccc(-c3ccnc4c(-c5cccc(O)c5)c(-c5ccncc5)nn34)cc1)C2. The van der Waals surface area contributed by atoms with Crippen molar-refractivity contribution in [2.45, 2.75) is 24.9 Å². The van der Waals surface area contributed by atoms with Crippen molar-refractivity contribution in [3.63, 3.8) is 0 Å². The third kappa shape index (κ3) is 3.74. The van der Waals surface area contributed by atoms with Gasteiger partial charge in [-0.1, -0.05) is 24.3 Å². The molecular formula is C30H28N6O. The number of aromatic nitrogens is 4. The van der Waals surface area contributed by atoms with E-state index in [2.05, 4.69) is 46.1 Å². The molecule has 0 radical (unpaired) electrons. The molecule has 0 aliphatic carbocycles. The summed E-state index contributed by atoms with van der Waals surface area (Å²) in [7, 11) is 2.27. The molecule has 7 heteroatoms. The van der Waals surface area contributed by atoms with Gasteiger partial charge < -0.3 is 10.0 Å². The third-order valence-corrected chi connectivity index (χ3v) is 7.98. The van der Waals surface area contributed by atoms with E-state index in [0.29, 0.717) is 12.1 Å². The number of likely N-dealkylation sites (N-methyl/N-ethyl adjacent to an activating group) is 1. The highest BCUT2D eigenvalue weighted by Crippen LogP contribution is 2.37. The fourth-order valence-electron chi connectivity index (χ4n) is 5.97. The first-order valence-corrected chi connectivity index (χ1v) is 12.8. The maximum Gasteiger partial charge on any atom is 0.164 e. The minimum absolute atomic E-state index is 0.210. The van der Waals surface area contributed by atoms with Crippen LogP contribution in [0.5, 0.6) is 5.75 Å². The fraction of sp³-hybridized carbons (Fsp3) is 0.233. The molecule has 0 spiro atoms. The van der Waals surface area contributed by atoms with Gasteiger partial charge in [-0.25, -0.2) is 9.50 Å². The zero-order chi connectivity index (χ0) is 24.9. The van der Waals surface area contributed by atoms with Gasteiger partial charge in [0.25, 0.3) is 0 Å². The second kappa shape index (κ2) is 8.71. The molecule has 2 aliphatic heterocycles. The average molecular weight is 489 g/mol. The molecule has 2 atom stereocenters. The minimum atomic E-state index is 0.210.